The van der Waals surface area contributed by atoms with E-state index in [4.69, 9.17) is 5.73 Å². The molecule has 2 N–H and O–H groups in total. The maximum atomic E-state index is 12.9. The van der Waals surface area contributed by atoms with Gasteiger partial charge in [-0.15, -0.1) is 0 Å². The highest BCUT2D eigenvalue weighted by Crippen LogP contribution is 2.35. The lowest BCUT2D eigenvalue weighted by molar-refractivity contribution is -0.139. The number of likely N-dealkylation sites (N-methyl/N-ethyl adjacent to an activating group) is 1. The van der Waals surface area contributed by atoms with Crippen molar-refractivity contribution >= 4 is 10.0 Å². The summed E-state index contributed by atoms with van der Waals surface area (Å²) in [4.78, 5) is -0.767. The molecule has 0 aliphatic rings. The number of rotatable bonds is 4. The summed E-state index contributed by atoms with van der Waals surface area (Å²) in [5.74, 6) is 0. The molecule has 1 rings (SSSR count). The van der Waals surface area contributed by atoms with Gasteiger partial charge in [0.15, 0.2) is 0 Å². The molecule has 8 heteroatoms. The van der Waals surface area contributed by atoms with E-state index < -0.39 is 32.2 Å². The lowest BCUT2D eigenvalue weighted by Crippen LogP contribution is -2.50. The molecule has 0 spiro atoms. The van der Waals surface area contributed by atoms with Gasteiger partial charge >= 0.3 is 6.18 Å². The van der Waals surface area contributed by atoms with Crippen LogP contribution in [0.2, 0.25) is 0 Å². The highest BCUT2D eigenvalue weighted by atomic mass is 32.2. The second-order valence-electron chi connectivity index (χ2n) is 4.98. The first-order valence-corrected chi connectivity index (χ1v) is 7.24. The fraction of sp³-hybridized carbons (Fsp3) is 0.500. The number of hydrogen-bond donors (Lipinski definition) is 1. The van der Waals surface area contributed by atoms with Crippen molar-refractivity contribution in [3.8, 4) is 0 Å². The average molecular weight is 310 g/mol. The third-order valence-corrected chi connectivity index (χ3v) is 5.31. The van der Waals surface area contributed by atoms with Crippen LogP contribution in [0.3, 0.4) is 0 Å². The standard InChI is InChI=1S/C12H17F3N2O2S/c1-11(2,8-16)17(3)20(18,19)10-7-5-4-6-9(10)12(13,14)15/h4-7H,8,16H2,1-3H3. The third kappa shape index (κ3) is 3.13. The van der Waals surface area contributed by atoms with Crippen molar-refractivity contribution in [2.75, 3.05) is 13.6 Å². The molecule has 0 amide bonds. The minimum Gasteiger partial charge on any atom is -0.329 e. The predicted molar refractivity (Wildman–Crippen MR) is 69.5 cm³/mol. The second-order valence-corrected chi connectivity index (χ2v) is 6.92. The highest BCUT2D eigenvalue weighted by molar-refractivity contribution is 7.89. The number of nitrogens with zero attached hydrogens (tertiary/aromatic N) is 1. The molecule has 114 valence electrons. The van der Waals surface area contributed by atoms with E-state index in [0.717, 1.165) is 22.5 Å². The van der Waals surface area contributed by atoms with Gasteiger partial charge in [-0.25, -0.2) is 8.42 Å². The molecule has 0 heterocycles. The zero-order valence-corrected chi connectivity index (χ0v) is 12.2. The molecule has 0 unspecified atom stereocenters. The van der Waals surface area contributed by atoms with E-state index in [1.165, 1.54) is 13.1 Å². The summed E-state index contributed by atoms with van der Waals surface area (Å²) >= 11 is 0. The van der Waals surface area contributed by atoms with E-state index in [2.05, 4.69) is 0 Å². The monoisotopic (exact) mass is 310 g/mol. The van der Waals surface area contributed by atoms with Crippen LogP contribution >= 0.6 is 0 Å². The number of halogens is 3. The first-order valence-electron chi connectivity index (χ1n) is 5.80. The minimum atomic E-state index is -4.74. The summed E-state index contributed by atoms with van der Waals surface area (Å²) in [5.41, 5.74) is 3.31. The van der Waals surface area contributed by atoms with Crippen LogP contribution < -0.4 is 5.73 Å². The Labute approximate surface area is 116 Å². The molecular formula is C12H17F3N2O2S. The summed E-state index contributed by atoms with van der Waals surface area (Å²) in [5, 5.41) is 0. The van der Waals surface area contributed by atoms with Gasteiger partial charge in [0.25, 0.3) is 0 Å². The number of sulfonamides is 1. The quantitative estimate of drug-likeness (QED) is 0.926. The summed E-state index contributed by atoms with van der Waals surface area (Å²) in [7, 11) is -3.07. The van der Waals surface area contributed by atoms with Crippen molar-refractivity contribution < 1.29 is 21.6 Å². The summed E-state index contributed by atoms with van der Waals surface area (Å²) in [6.07, 6.45) is -4.74. The zero-order chi connectivity index (χ0) is 15.8. The molecule has 20 heavy (non-hydrogen) atoms. The fourth-order valence-electron chi connectivity index (χ4n) is 1.53. The fourth-order valence-corrected chi connectivity index (χ4v) is 3.26. The number of benzene rings is 1. The number of nitrogens with two attached hydrogens (primary N) is 1. The molecule has 0 bridgehead atoms. The molecule has 0 radical (unpaired) electrons. The molecule has 1 aromatic carbocycles. The van der Waals surface area contributed by atoms with Gasteiger partial charge < -0.3 is 5.73 Å². The van der Waals surface area contributed by atoms with Crippen molar-refractivity contribution in [2.45, 2.75) is 30.5 Å². The molecule has 0 aliphatic carbocycles. The van der Waals surface area contributed by atoms with Crippen LogP contribution in [-0.4, -0.2) is 31.9 Å². The van der Waals surface area contributed by atoms with Crippen molar-refractivity contribution in [2.24, 2.45) is 5.73 Å². The molecule has 0 atom stereocenters. The van der Waals surface area contributed by atoms with Gasteiger partial charge in [-0.3, -0.25) is 0 Å². The van der Waals surface area contributed by atoms with Gasteiger partial charge in [0.2, 0.25) is 10.0 Å². The van der Waals surface area contributed by atoms with E-state index >= 15 is 0 Å². The largest absolute Gasteiger partial charge is 0.417 e. The summed E-state index contributed by atoms with van der Waals surface area (Å²) < 4.78 is 64.4. The van der Waals surface area contributed by atoms with Gasteiger partial charge in [0, 0.05) is 19.1 Å². The number of hydrogen-bond acceptors (Lipinski definition) is 3. The molecular weight excluding hydrogens is 293 g/mol. The van der Waals surface area contributed by atoms with E-state index in [1.54, 1.807) is 13.8 Å². The molecule has 0 saturated carbocycles. The van der Waals surface area contributed by atoms with Crippen LogP contribution in [0.25, 0.3) is 0 Å². The van der Waals surface area contributed by atoms with E-state index in [0.29, 0.717) is 0 Å². The third-order valence-electron chi connectivity index (χ3n) is 3.18. The Morgan fingerprint density at radius 2 is 1.70 bits per heavy atom. The van der Waals surface area contributed by atoms with Gasteiger partial charge in [-0.2, -0.15) is 17.5 Å². The van der Waals surface area contributed by atoms with E-state index in [1.807, 2.05) is 0 Å². The molecule has 0 fully saturated rings. The van der Waals surface area contributed by atoms with Crippen LogP contribution in [0.1, 0.15) is 19.4 Å². The van der Waals surface area contributed by atoms with Crippen LogP contribution in [0, 0.1) is 0 Å². The Morgan fingerprint density at radius 3 is 2.15 bits per heavy atom. The van der Waals surface area contributed by atoms with E-state index in [9.17, 15) is 21.6 Å². The van der Waals surface area contributed by atoms with Gasteiger partial charge in [0.1, 0.15) is 0 Å². The van der Waals surface area contributed by atoms with Crippen LogP contribution in [0.15, 0.2) is 29.2 Å². The van der Waals surface area contributed by atoms with Crippen LogP contribution in [0.4, 0.5) is 13.2 Å². The van der Waals surface area contributed by atoms with E-state index in [-0.39, 0.29) is 6.54 Å². The Morgan fingerprint density at radius 1 is 1.20 bits per heavy atom. The normalized spacial score (nSPS) is 13.8. The van der Waals surface area contributed by atoms with Gasteiger partial charge in [-0.1, -0.05) is 12.1 Å². The average Bonchev–Trinajstić information content (AvgIpc) is 2.36. The lowest BCUT2D eigenvalue weighted by Gasteiger charge is -2.34. The van der Waals surface area contributed by atoms with Crippen molar-refractivity contribution in [1.82, 2.24) is 4.31 Å². The Hall–Kier alpha value is -1.12. The lowest BCUT2D eigenvalue weighted by atomic mass is 10.1. The maximum absolute atomic E-state index is 12.9. The van der Waals surface area contributed by atoms with Gasteiger partial charge in [-0.05, 0) is 26.0 Å². The predicted octanol–water partition coefficient (Wildman–Crippen LogP) is 2.06. The minimum absolute atomic E-state index is 0.0169. The van der Waals surface area contributed by atoms with Crippen molar-refractivity contribution in [1.29, 1.82) is 0 Å². The van der Waals surface area contributed by atoms with Crippen molar-refractivity contribution in [3.63, 3.8) is 0 Å². The molecule has 0 saturated heterocycles. The molecule has 1 aromatic rings. The van der Waals surface area contributed by atoms with Crippen molar-refractivity contribution in [3.05, 3.63) is 29.8 Å². The summed E-state index contributed by atoms with van der Waals surface area (Å²) in [6, 6.07) is 4.10. The van der Waals surface area contributed by atoms with Crippen LogP contribution in [-0.2, 0) is 16.2 Å². The molecule has 0 aliphatic heterocycles. The Balaban J connectivity index is 3.45. The maximum Gasteiger partial charge on any atom is 0.417 e. The zero-order valence-electron chi connectivity index (χ0n) is 11.4. The van der Waals surface area contributed by atoms with Crippen LogP contribution in [0.5, 0.6) is 0 Å². The second kappa shape index (κ2) is 5.34. The first kappa shape index (κ1) is 16.9. The SMILES string of the molecule is CN(C(C)(C)CN)S(=O)(=O)c1ccccc1C(F)(F)F. The molecule has 0 aromatic heterocycles. The first-order chi connectivity index (χ1) is 8.94. The Kier molecular flexibility index (Phi) is 4.52. The molecule has 4 nitrogen and oxygen atoms in total. The summed E-state index contributed by atoms with van der Waals surface area (Å²) in [6.45, 7) is 3.07. The Bertz CT molecular complexity index is 583. The topological polar surface area (TPSA) is 63.4 Å². The van der Waals surface area contributed by atoms with Gasteiger partial charge in [0.05, 0.1) is 10.5 Å². The smallest absolute Gasteiger partial charge is 0.329 e. The number of alkyl halides is 3. The highest BCUT2D eigenvalue weighted by Gasteiger charge is 2.40.